The molecule has 0 fully saturated rings. The van der Waals surface area contributed by atoms with E-state index < -0.39 is 0 Å². The van der Waals surface area contributed by atoms with Gasteiger partial charge in [-0.15, -0.1) is 0 Å². The molecule has 0 atom stereocenters. The van der Waals surface area contributed by atoms with Gasteiger partial charge in [0.25, 0.3) is 0 Å². The number of aliphatic hydroxyl groups excluding tert-OH is 2. The van der Waals surface area contributed by atoms with Crippen molar-refractivity contribution in [3.63, 3.8) is 0 Å². The molecule has 90 valence electrons. The molecule has 2 N–H and O–H groups in total. The highest BCUT2D eigenvalue weighted by molar-refractivity contribution is 5.45. The van der Waals surface area contributed by atoms with Crippen LogP contribution in [0.4, 0.5) is 0 Å². The van der Waals surface area contributed by atoms with E-state index in [2.05, 4.69) is 0 Å². The second kappa shape index (κ2) is 6.35. The zero-order chi connectivity index (χ0) is 12.0. The van der Waals surface area contributed by atoms with Crippen LogP contribution in [-0.4, -0.2) is 36.6 Å². The summed E-state index contributed by atoms with van der Waals surface area (Å²) in [7, 11) is 0. The molecule has 0 spiro atoms. The van der Waals surface area contributed by atoms with Crippen molar-refractivity contribution in [2.24, 2.45) is 0 Å². The van der Waals surface area contributed by atoms with Gasteiger partial charge in [-0.2, -0.15) is 0 Å². The normalized spacial score (nSPS) is 10.2. The molecule has 1 aromatic carbocycles. The monoisotopic (exact) mass is 226 g/mol. The van der Waals surface area contributed by atoms with Crippen LogP contribution in [-0.2, 0) is 0 Å². The molecule has 0 aliphatic carbocycles. The van der Waals surface area contributed by atoms with Gasteiger partial charge in [0.15, 0.2) is 0 Å². The number of hydrogen-bond donors (Lipinski definition) is 2. The van der Waals surface area contributed by atoms with Crippen molar-refractivity contribution in [2.45, 2.75) is 13.8 Å². The number of hydrogen-bond acceptors (Lipinski definition) is 4. The number of aryl methyl sites for hydroxylation is 2. The summed E-state index contributed by atoms with van der Waals surface area (Å²) in [5, 5.41) is 17.4. The maximum Gasteiger partial charge on any atom is 0.122 e. The fourth-order valence-electron chi connectivity index (χ4n) is 1.39. The Labute approximate surface area is 95.4 Å². The first kappa shape index (κ1) is 12.8. The van der Waals surface area contributed by atoms with Crippen LogP contribution in [0.1, 0.15) is 11.1 Å². The van der Waals surface area contributed by atoms with Crippen LogP contribution in [0.25, 0.3) is 0 Å². The molecule has 1 rings (SSSR count). The van der Waals surface area contributed by atoms with Gasteiger partial charge in [0.2, 0.25) is 0 Å². The number of aliphatic hydroxyl groups is 2. The molecule has 0 radical (unpaired) electrons. The van der Waals surface area contributed by atoms with E-state index in [1.165, 1.54) is 0 Å². The minimum absolute atomic E-state index is 0.00124. The summed E-state index contributed by atoms with van der Waals surface area (Å²) in [4.78, 5) is 0. The number of rotatable bonds is 6. The van der Waals surface area contributed by atoms with E-state index in [9.17, 15) is 0 Å². The third kappa shape index (κ3) is 3.40. The van der Waals surface area contributed by atoms with E-state index in [0.717, 1.165) is 22.6 Å². The highest BCUT2D eigenvalue weighted by atomic mass is 16.5. The fourth-order valence-corrected chi connectivity index (χ4v) is 1.39. The van der Waals surface area contributed by atoms with E-state index in [1.807, 2.05) is 26.0 Å². The fraction of sp³-hybridized carbons (Fsp3) is 0.500. The third-order valence-electron chi connectivity index (χ3n) is 2.17. The zero-order valence-electron chi connectivity index (χ0n) is 9.69. The van der Waals surface area contributed by atoms with E-state index in [1.54, 1.807) is 0 Å². The Morgan fingerprint density at radius 2 is 1.25 bits per heavy atom. The molecule has 0 aliphatic heterocycles. The van der Waals surface area contributed by atoms with Crippen molar-refractivity contribution >= 4 is 0 Å². The van der Waals surface area contributed by atoms with Crippen molar-refractivity contribution in [1.29, 1.82) is 0 Å². The van der Waals surface area contributed by atoms with Crippen molar-refractivity contribution in [1.82, 2.24) is 0 Å². The van der Waals surface area contributed by atoms with Gasteiger partial charge in [-0.25, -0.2) is 0 Å². The molecule has 4 heteroatoms. The molecule has 4 nitrogen and oxygen atoms in total. The van der Waals surface area contributed by atoms with Gasteiger partial charge in [-0.3, -0.25) is 0 Å². The Bertz CT molecular complexity index is 302. The van der Waals surface area contributed by atoms with E-state index in [0.29, 0.717) is 0 Å². The topological polar surface area (TPSA) is 58.9 Å². The van der Waals surface area contributed by atoms with Crippen molar-refractivity contribution < 1.29 is 19.7 Å². The second-order valence-corrected chi connectivity index (χ2v) is 3.53. The second-order valence-electron chi connectivity index (χ2n) is 3.53. The lowest BCUT2D eigenvalue weighted by Crippen LogP contribution is -2.05. The Morgan fingerprint density at radius 1 is 0.875 bits per heavy atom. The van der Waals surface area contributed by atoms with E-state index in [-0.39, 0.29) is 26.4 Å². The summed E-state index contributed by atoms with van der Waals surface area (Å²) in [6.07, 6.45) is 0. The Balaban J connectivity index is 2.79. The van der Waals surface area contributed by atoms with Gasteiger partial charge in [-0.05, 0) is 37.1 Å². The lowest BCUT2D eigenvalue weighted by Gasteiger charge is -2.13. The summed E-state index contributed by atoms with van der Waals surface area (Å²) in [6.45, 7) is 4.41. The number of benzene rings is 1. The van der Waals surface area contributed by atoms with E-state index in [4.69, 9.17) is 19.7 Å². The van der Waals surface area contributed by atoms with Crippen LogP contribution in [0, 0.1) is 13.8 Å². The summed E-state index contributed by atoms with van der Waals surface area (Å²) >= 11 is 0. The van der Waals surface area contributed by atoms with Crippen molar-refractivity contribution in [3.8, 4) is 11.5 Å². The maximum atomic E-state index is 8.68. The minimum Gasteiger partial charge on any atom is -0.491 e. The van der Waals surface area contributed by atoms with Gasteiger partial charge < -0.3 is 19.7 Å². The molecule has 1 aromatic rings. The molecule has 0 unspecified atom stereocenters. The maximum absolute atomic E-state index is 8.68. The summed E-state index contributed by atoms with van der Waals surface area (Å²) in [6, 6.07) is 3.75. The lowest BCUT2D eigenvalue weighted by molar-refractivity contribution is 0.196. The molecule has 16 heavy (non-hydrogen) atoms. The highest BCUT2D eigenvalue weighted by Crippen LogP contribution is 2.27. The molecule has 0 aliphatic rings. The van der Waals surface area contributed by atoms with Crippen LogP contribution >= 0.6 is 0 Å². The molecule has 0 aromatic heterocycles. The minimum atomic E-state index is 0.00124. The zero-order valence-corrected chi connectivity index (χ0v) is 9.69. The summed E-state index contributed by atoms with van der Waals surface area (Å²) < 4.78 is 10.7. The van der Waals surface area contributed by atoms with Crippen LogP contribution in [0.15, 0.2) is 12.1 Å². The molecule has 0 amide bonds. The van der Waals surface area contributed by atoms with Crippen LogP contribution in [0.3, 0.4) is 0 Å². The summed E-state index contributed by atoms with van der Waals surface area (Å²) in [5.41, 5.74) is 1.90. The van der Waals surface area contributed by atoms with Crippen LogP contribution in [0.2, 0.25) is 0 Å². The average molecular weight is 226 g/mol. The van der Waals surface area contributed by atoms with Crippen molar-refractivity contribution in [3.05, 3.63) is 23.3 Å². The van der Waals surface area contributed by atoms with Gasteiger partial charge in [0.1, 0.15) is 24.7 Å². The number of ether oxygens (including phenoxy) is 2. The molecular formula is C12H18O4. The first-order valence-corrected chi connectivity index (χ1v) is 5.27. The van der Waals surface area contributed by atoms with E-state index >= 15 is 0 Å². The SMILES string of the molecule is Cc1cc(OCCO)c(C)cc1OCCO. The first-order chi connectivity index (χ1) is 7.69. The first-order valence-electron chi connectivity index (χ1n) is 5.27. The molecule has 0 saturated heterocycles. The lowest BCUT2D eigenvalue weighted by atomic mass is 10.1. The van der Waals surface area contributed by atoms with Gasteiger partial charge in [0.05, 0.1) is 13.2 Å². The van der Waals surface area contributed by atoms with Crippen molar-refractivity contribution in [2.75, 3.05) is 26.4 Å². The van der Waals surface area contributed by atoms with Gasteiger partial charge in [0, 0.05) is 0 Å². The highest BCUT2D eigenvalue weighted by Gasteiger charge is 2.06. The molecule has 0 bridgehead atoms. The molecular weight excluding hydrogens is 208 g/mol. The summed E-state index contributed by atoms with van der Waals surface area (Å²) in [5.74, 6) is 1.51. The van der Waals surface area contributed by atoms with Gasteiger partial charge in [-0.1, -0.05) is 0 Å². The average Bonchev–Trinajstić information content (AvgIpc) is 2.28. The van der Waals surface area contributed by atoms with Crippen LogP contribution in [0.5, 0.6) is 11.5 Å². The Kier molecular flexibility index (Phi) is 5.08. The third-order valence-corrected chi connectivity index (χ3v) is 2.17. The Hall–Kier alpha value is -1.26. The smallest absolute Gasteiger partial charge is 0.122 e. The molecule has 0 saturated carbocycles. The predicted octanol–water partition coefficient (Wildman–Crippen LogP) is 1.05. The molecule has 0 heterocycles. The van der Waals surface area contributed by atoms with Crippen LogP contribution < -0.4 is 9.47 Å². The largest absolute Gasteiger partial charge is 0.491 e. The Morgan fingerprint density at radius 3 is 1.56 bits per heavy atom. The standard InChI is InChI=1S/C12H18O4/c1-9-7-12(16-6-4-14)10(2)8-11(9)15-5-3-13/h7-8,13-14H,3-6H2,1-2H3. The van der Waals surface area contributed by atoms with Gasteiger partial charge >= 0.3 is 0 Å². The predicted molar refractivity (Wildman–Crippen MR) is 61.1 cm³/mol. The quantitative estimate of drug-likeness (QED) is 0.761.